The van der Waals surface area contributed by atoms with Crippen molar-refractivity contribution in [3.63, 3.8) is 0 Å². The van der Waals surface area contributed by atoms with Gasteiger partial charge < -0.3 is 43.0 Å². The molecule has 0 aromatic rings. The van der Waals surface area contributed by atoms with Crippen LogP contribution >= 0.6 is 0 Å². The summed E-state index contributed by atoms with van der Waals surface area (Å²) in [5.74, 6) is -1.21. The van der Waals surface area contributed by atoms with Crippen LogP contribution in [0.1, 0.15) is 98.3 Å². The van der Waals surface area contributed by atoms with Crippen molar-refractivity contribution < 1.29 is 57.4 Å². The summed E-state index contributed by atoms with van der Waals surface area (Å²) < 4.78 is 46.6. The van der Waals surface area contributed by atoms with Crippen LogP contribution in [-0.4, -0.2) is 111 Å². The van der Waals surface area contributed by atoms with Gasteiger partial charge in [-0.05, 0) is 85.0 Å². The molecule has 12 nitrogen and oxygen atoms in total. The van der Waals surface area contributed by atoms with E-state index in [0.717, 1.165) is 57.8 Å². The molecule has 5 rings (SSSR count). The number of carbonyl (C=O) groups is 3. The van der Waals surface area contributed by atoms with Gasteiger partial charge in [0.25, 0.3) is 0 Å². The van der Waals surface area contributed by atoms with E-state index in [9.17, 15) is 19.5 Å². The molecule has 11 unspecified atom stereocenters. The van der Waals surface area contributed by atoms with Crippen molar-refractivity contribution in [3.8, 4) is 0 Å². The molecule has 2 heterocycles. The van der Waals surface area contributed by atoms with E-state index in [1.54, 1.807) is 6.92 Å². The summed E-state index contributed by atoms with van der Waals surface area (Å²) in [6.07, 6.45) is 7.54. The van der Waals surface area contributed by atoms with Gasteiger partial charge in [0.05, 0.1) is 87.9 Å². The predicted molar refractivity (Wildman–Crippen MR) is 172 cm³/mol. The van der Waals surface area contributed by atoms with Crippen molar-refractivity contribution in [2.24, 2.45) is 23.2 Å². The van der Waals surface area contributed by atoms with Crippen LogP contribution in [0.25, 0.3) is 0 Å². The van der Waals surface area contributed by atoms with Gasteiger partial charge in [-0.1, -0.05) is 13.3 Å². The Morgan fingerprint density at radius 2 is 1.04 bits per heavy atom. The maximum atomic E-state index is 12.7. The Balaban J connectivity index is 1.07. The first kappa shape index (κ1) is 37.4. The molecular weight excluding hydrogens is 624 g/mol. The van der Waals surface area contributed by atoms with Crippen molar-refractivity contribution in [2.75, 3.05) is 39.6 Å². The summed E-state index contributed by atoms with van der Waals surface area (Å²) in [6, 6.07) is 0. The third kappa shape index (κ3) is 11.1. The van der Waals surface area contributed by atoms with Crippen LogP contribution in [-0.2, 0) is 52.3 Å². The molecule has 3 aliphatic carbocycles. The number of hydrogen-bond acceptors (Lipinski definition) is 12. The van der Waals surface area contributed by atoms with Gasteiger partial charge in [-0.3, -0.25) is 14.4 Å². The summed E-state index contributed by atoms with van der Waals surface area (Å²) in [5, 5.41) is 9.94. The maximum Gasteiger partial charge on any atom is 0.309 e. The lowest BCUT2D eigenvalue weighted by molar-refractivity contribution is -0.162. The molecule has 0 bridgehead atoms. The van der Waals surface area contributed by atoms with Crippen LogP contribution < -0.4 is 0 Å². The summed E-state index contributed by atoms with van der Waals surface area (Å²) in [4.78, 5) is 38.1. The summed E-state index contributed by atoms with van der Waals surface area (Å²) in [5.41, 5.74) is -0.548. The standard InChI is InChI=1S/C36H58O12/c1-5-36(19-41-16-22(2)44-33(38)25-7-6-8-28(37)13-25,20-42-17-23(3)45-34(39)26-9-11-29-31(14-26)47-29)21-43-18-24(4)46-35(40)27-10-12-30-32(15-27)48-30/h22-32,37H,5-21H2,1-4H3. The lowest BCUT2D eigenvalue weighted by atomic mass is 9.87. The van der Waals surface area contributed by atoms with Crippen LogP contribution in [0.15, 0.2) is 0 Å². The molecular formula is C36H58O12. The molecule has 0 aromatic heterocycles. The Morgan fingerprint density at radius 3 is 1.42 bits per heavy atom. The highest BCUT2D eigenvalue weighted by Crippen LogP contribution is 2.41. The van der Waals surface area contributed by atoms with Crippen LogP contribution in [0, 0.1) is 23.2 Å². The fraction of sp³-hybridized carbons (Fsp3) is 0.917. The van der Waals surface area contributed by atoms with Gasteiger partial charge in [0, 0.05) is 5.41 Å². The van der Waals surface area contributed by atoms with Crippen LogP contribution in [0.4, 0.5) is 0 Å². The summed E-state index contributed by atoms with van der Waals surface area (Å²) >= 11 is 0. The maximum absolute atomic E-state index is 12.7. The van der Waals surface area contributed by atoms with Crippen LogP contribution in [0.3, 0.4) is 0 Å². The fourth-order valence-electron chi connectivity index (χ4n) is 7.36. The number of aliphatic hydroxyl groups is 1. The van der Waals surface area contributed by atoms with Gasteiger partial charge in [-0.25, -0.2) is 0 Å². The predicted octanol–water partition coefficient (Wildman–Crippen LogP) is 3.91. The van der Waals surface area contributed by atoms with Gasteiger partial charge in [0.2, 0.25) is 0 Å². The molecule has 48 heavy (non-hydrogen) atoms. The number of fused-ring (bicyclic) bond motifs is 2. The zero-order chi connectivity index (χ0) is 34.3. The number of epoxide rings is 2. The average Bonchev–Trinajstić information content (AvgIpc) is 3.98. The van der Waals surface area contributed by atoms with E-state index >= 15 is 0 Å². The quantitative estimate of drug-likeness (QED) is 0.119. The lowest BCUT2D eigenvalue weighted by Crippen LogP contribution is -2.40. The minimum atomic E-state index is -0.548. The van der Waals surface area contributed by atoms with E-state index in [1.165, 1.54) is 0 Å². The topological polar surface area (TPSA) is 152 Å². The largest absolute Gasteiger partial charge is 0.460 e. The van der Waals surface area contributed by atoms with Crippen LogP contribution in [0.2, 0.25) is 0 Å². The lowest BCUT2D eigenvalue weighted by Gasteiger charge is -2.33. The van der Waals surface area contributed by atoms with E-state index in [-0.39, 0.29) is 74.3 Å². The third-order valence-corrected chi connectivity index (χ3v) is 10.6. The normalized spacial score (nSPS) is 33.9. The molecule has 3 saturated carbocycles. The number of esters is 3. The molecule has 0 spiro atoms. The van der Waals surface area contributed by atoms with Gasteiger partial charge in [0.1, 0.15) is 18.3 Å². The Labute approximate surface area is 285 Å². The van der Waals surface area contributed by atoms with E-state index in [2.05, 4.69) is 0 Å². The SMILES string of the molecule is CCC(COCC(C)OC(=O)C1CCCC(O)C1)(COCC(C)OC(=O)C1CCC2OC2C1)COCC(C)OC(=O)C1CCC2OC2C1. The first-order valence-corrected chi connectivity index (χ1v) is 18.4. The molecule has 12 heteroatoms. The van der Waals surface area contributed by atoms with Crippen molar-refractivity contribution in [1.82, 2.24) is 0 Å². The van der Waals surface area contributed by atoms with Crippen LogP contribution in [0.5, 0.6) is 0 Å². The molecule has 0 amide bonds. The fourth-order valence-corrected chi connectivity index (χ4v) is 7.36. The van der Waals surface area contributed by atoms with Gasteiger partial charge in [0.15, 0.2) is 0 Å². The van der Waals surface area contributed by atoms with E-state index in [4.69, 9.17) is 37.9 Å². The molecule has 5 fully saturated rings. The highest BCUT2D eigenvalue weighted by molar-refractivity contribution is 5.73. The zero-order valence-electron chi connectivity index (χ0n) is 29.3. The van der Waals surface area contributed by atoms with Gasteiger partial charge in [-0.15, -0.1) is 0 Å². The van der Waals surface area contributed by atoms with E-state index < -0.39 is 29.8 Å². The van der Waals surface area contributed by atoms with Crippen molar-refractivity contribution in [1.29, 1.82) is 0 Å². The third-order valence-electron chi connectivity index (χ3n) is 10.6. The van der Waals surface area contributed by atoms with Gasteiger partial charge in [-0.2, -0.15) is 0 Å². The molecule has 11 atom stereocenters. The molecule has 274 valence electrons. The second-order valence-electron chi connectivity index (χ2n) is 15.1. The van der Waals surface area contributed by atoms with Crippen molar-refractivity contribution >= 4 is 17.9 Å². The summed E-state index contributed by atoms with van der Waals surface area (Å²) in [7, 11) is 0. The molecule has 5 aliphatic rings. The van der Waals surface area contributed by atoms with Crippen molar-refractivity contribution in [3.05, 3.63) is 0 Å². The minimum Gasteiger partial charge on any atom is -0.460 e. The highest BCUT2D eigenvalue weighted by atomic mass is 16.6. The first-order chi connectivity index (χ1) is 23.0. The second kappa shape index (κ2) is 17.4. The van der Waals surface area contributed by atoms with E-state index in [0.29, 0.717) is 38.3 Å². The minimum absolute atomic E-state index is 0.125. The van der Waals surface area contributed by atoms with Gasteiger partial charge >= 0.3 is 17.9 Å². The number of ether oxygens (including phenoxy) is 8. The Bertz CT molecular complexity index is 967. The highest BCUT2D eigenvalue weighted by Gasteiger charge is 2.47. The molecule has 0 radical (unpaired) electrons. The number of aliphatic hydroxyl groups excluding tert-OH is 1. The Kier molecular flexibility index (Phi) is 13.6. The number of carbonyl (C=O) groups excluding carboxylic acids is 3. The van der Waals surface area contributed by atoms with E-state index in [1.807, 2.05) is 20.8 Å². The molecule has 2 saturated heterocycles. The second-order valence-corrected chi connectivity index (χ2v) is 15.1. The number of rotatable bonds is 19. The first-order valence-electron chi connectivity index (χ1n) is 18.4. The Morgan fingerprint density at radius 1 is 0.625 bits per heavy atom. The van der Waals surface area contributed by atoms with Crippen molar-refractivity contribution in [2.45, 2.75) is 147 Å². The monoisotopic (exact) mass is 682 g/mol. The summed E-state index contributed by atoms with van der Waals surface area (Å²) in [6.45, 7) is 9.01. The average molecular weight is 683 g/mol. The smallest absolute Gasteiger partial charge is 0.309 e. The molecule has 1 N–H and O–H groups in total. The molecule has 0 aromatic carbocycles. The Hall–Kier alpha value is -1.83. The zero-order valence-corrected chi connectivity index (χ0v) is 29.3. The molecule has 2 aliphatic heterocycles. The number of hydrogen-bond donors (Lipinski definition) is 1.